The van der Waals surface area contributed by atoms with Gasteiger partial charge in [0.25, 0.3) is 5.17 Å². The standard InChI is InChI=1S/C18H29N3O4S2/c1-10(2)13(21(6)16(22)11(3)4)8-14(25-18(26)19-5)15-20-12(9-27-15)17(23)24-7/h9-11,13-14H,8H2,1-7H3,(H,19,26)/t13?,14-/m1/s1. The Morgan fingerprint density at radius 1 is 1.33 bits per heavy atom. The van der Waals surface area contributed by atoms with Crippen LogP contribution in [-0.2, 0) is 14.3 Å². The second kappa shape index (κ2) is 10.6. The molecule has 9 heteroatoms. The normalized spacial score (nSPS) is 13.2. The van der Waals surface area contributed by atoms with Crippen molar-refractivity contribution >= 4 is 40.6 Å². The molecule has 0 aliphatic rings. The minimum Gasteiger partial charge on any atom is -0.464 e. The van der Waals surface area contributed by atoms with Gasteiger partial charge in [-0.3, -0.25) is 4.79 Å². The number of carbonyl (C=O) groups excluding carboxylic acids is 2. The zero-order chi connectivity index (χ0) is 20.7. The van der Waals surface area contributed by atoms with Crippen LogP contribution in [0, 0.1) is 11.8 Å². The first-order chi connectivity index (χ1) is 12.6. The zero-order valence-electron chi connectivity index (χ0n) is 16.9. The van der Waals surface area contributed by atoms with E-state index >= 15 is 0 Å². The van der Waals surface area contributed by atoms with Gasteiger partial charge in [0.05, 0.1) is 7.11 Å². The Kier molecular flexibility index (Phi) is 9.11. The molecular weight excluding hydrogens is 386 g/mol. The van der Waals surface area contributed by atoms with Crippen molar-refractivity contribution in [2.75, 3.05) is 21.2 Å². The lowest BCUT2D eigenvalue weighted by atomic mass is 9.95. The molecular formula is C18H29N3O4S2. The van der Waals surface area contributed by atoms with Crippen LogP contribution in [0.25, 0.3) is 0 Å². The molecule has 2 atom stereocenters. The number of nitrogens with one attached hydrogen (secondary N) is 1. The maximum absolute atomic E-state index is 12.5. The summed E-state index contributed by atoms with van der Waals surface area (Å²) >= 11 is 6.47. The van der Waals surface area contributed by atoms with E-state index in [9.17, 15) is 9.59 Å². The van der Waals surface area contributed by atoms with Crippen molar-refractivity contribution in [3.63, 3.8) is 0 Å². The molecule has 0 aromatic carbocycles. The van der Waals surface area contributed by atoms with Crippen molar-refractivity contribution in [2.24, 2.45) is 11.8 Å². The molecule has 0 radical (unpaired) electrons. The Labute approximate surface area is 170 Å². The van der Waals surface area contributed by atoms with Crippen molar-refractivity contribution in [1.82, 2.24) is 15.2 Å². The molecule has 0 aliphatic carbocycles. The Hall–Kier alpha value is -1.74. The first kappa shape index (κ1) is 23.3. The molecule has 0 saturated carbocycles. The molecule has 1 aromatic heterocycles. The highest BCUT2D eigenvalue weighted by Crippen LogP contribution is 2.30. The first-order valence-electron chi connectivity index (χ1n) is 8.81. The van der Waals surface area contributed by atoms with Gasteiger partial charge in [-0.05, 0) is 18.1 Å². The number of rotatable bonds is 8. The average molecular weight is 416 g/mol. The average Bonchev–Trinajstić information content (AvgIpc) is 3.12. The molecule has 7 nitrogen and oxygen atoms in total. The molecule has 152 valence electrons. The fourth-order valence-electron chi connectivity index (χ4n) is 2.69. The topological polar surface area (TPSA) is 80.8 Å². The van der Waals surface area contributed by atoms with Crippen LogP contribution in [0.5, 0.6) is 0 Å². The number of esters is 1. The van der Waals surface area contributed by atoms with Crippen molar-refractivity contribution < 1.29 is 19.1 Å². The van der Waals surface area contributed by atoms with E-state index in [4.69, 9.17) is 21.7 Å². The number of carbonyl (C=O) groups is 2. The molecule has 0 fully saturated rings. The van der Waals surface area contributed by atoms with Crippen molar-refractivity contribution in [1.29, 1.82) is 0 Å². The molecule has 0 spiro atoms. The second-order valence-corrected chi connectivity index (χ2v) is 8.12. The summed E-state index contributed by atoms with van der Waals surface area (Å²) in [5.41, 5.74) is 0.231. The van der Waals surface area contributed by atoms with Gasteiger partial charge in [0.1, 0.15) is 5.01 Å². The summed E-state index contributed by atoms with van der Waals surface area (Å²) in [5.74, 6) is -0.329. The van der Waals surface area contributed by atoms with Crippen LogP contribution in [0.4, 0.5) is 0 Å². The van der Waals surface area contributed by atoms with Gasteiger partial charge < -0.3 is 19.7 Å². The number of hydrogen-bond acceptors (Lipinski definition) is 7. The van der Waals surface area contributed by atoms with Gasteiger partial charge in [-0.1, -0.05) is 27.7 Å². The van der Waals surface area contributed by atoms with Gasteiger partial charge in [-0.2, -0.15) is 0 Å². The number of nitrogens with zero attached hydrogens (tertiary/aromatic N) is 2. The Morgan fingerprint density at radius 3 is 2.44 bits per heavy atom. The predicted octanol–water partition coefficient (Wildman–Crippen LogP) is 3.02. The first-order valence-corrected chi connectivity index (χ1v) is 10.1. The van der Waals surface area contributed by atoms with Crippen LogP contribution in [0.1, 0.15) is 55.7 Å². The third kappa shape index (κ3) is 6.42. The van der Waals surface area contributed by atoms with E-state index in [1.165, 1.54) is 18.4 Å². The van der Waals surface area contributed by atoms with Gasteiger partial charge in [0, 0.05) is 37.9 Å². The molecule has 1 aromatic rings. The molecule has 1 heterocycles. The number of thiazole rings is 1. The third-order valence-electron chi connectivity index (χ3n) is 4.21. The molecule has 0 bridgehead atoms. The highest BCUT2D eigenvalue weighted by molar-refractivity contribution is 7.80. The van der Waals surface area contributed by atoms with Crippen LogP contribution >= 0.6 is 23.6 Å². The molecule has 1 unspecified atom stereocenters. The monoisotopic (exact) mass is 415 g/mol. The van der Waals surface area contributed by atoms with Gasteiger partial charge in [0.15, 0.2) is 11.8 Å². The van der Waals surface area contributed by atoms with Crippen LogP contribution < -0.4 is 5.32 Å². The zero-order valence-corrected chi connectivity index (χ0v) is 18.6. The van der Waals surface area contributed by atoms with Gasteiger partial charge in [-0.15, -0.1) is 11.3 Å². The van der Waals surface area contributed by atoms with Crippen LogP contribution in [-0.4, -0.2) is 54.2 Å². The lowest BCUT2D eigenvalue weighted by Crippen LogP contribution is -2.43. The number of aromatic nitrogens is 1. The van der Waals surface area contributed by atoms with Crippen molar-refractivity contribution in [2.45, 2.75) is 46.3 Å². The maximum Gasteiger partial charge on any atom is 0.357 e. The Bertz CT molecular complexity index is 661. The van der Waals surface area contributed by atoms with E-state index in [0.717, 1.165) is 0 Å². The fraction of sp³-hybridized carbons (Fsp3) is 0.667. The summed E-state index contributed by atoms with van der Waals surface area (Å²) in [6.45, 7) is 7.88. The summed E-state index contributed by atoms with van der Waals surface area (Å²) in [7, 11) is 4.80. The molecule has 0 aliphatic heterocycles. The summed E-state index contributed by atoms with van der Waals surface area (Å²) in [6.07, 6.45) is 0.0194. The predicted molar refractivity (Wildman–Crippen MR) is 110 cm³/mol. The Balaban J connectivity index is 3.14. The minimum absolute atomic E-state index is 0.0676. The number of hydrogen-bond donors (Lipinski definition) is 1. The van der Waals surface area contributed by atoms with Gasteiger partial charge in [-0.25, -0.2) is 9.78 Å². The summed E-state index contributed by atoms with van der Waals surface area (Å²) in [4.78, 5) is 30.3. The van der Waals surface area contributed by atoms with E-state index in [2.05, 4.69) is 24.1 Å². The summed E-state index contributed by atoms with van der Waals surface area (Å²) in [6, 6.07) is -0.0740. The molecule has 1 N–H and O–H groups in total. The number of methoxy groups -OCH3 is 1. The van der Waals surface area contributed by atoms with E-state index in [1.54, 1.807) is 17.3 Å². The summed E-state index contributed by atoms with van der Waals surface area (Å²) < 4.78 is 10.6. The largest absolute Gasteiger partial charge is 0.464 e. The third-order valence-corrected chi connectivity index (χ3v) is 5.45. The number of ether oxygens (including phenoxy) is 2. The summed E-state index contributed by atoms with van der Waals surface area (Å²) in [5, 5.41) is 5.27. The van der Waals surface area contributed by atoms with Gasteiger partial charge in [0.2, 0.25) is 5.91 Å². The van der Waals surface area contributed by atoms with E-state index in [1.807, 2.05) is 20.9 Å². The lowest BCUT2D eigenvalue weighted by Gasteiger charge is -2.34. The smallest absolute Gasteiger partial charge is 0.357 e. The second-order valence-electron chi connectivity index (χ2n) is 6.86. The number of thiocarbonyl (C=S) groups is 1. The number of amides is 1. The minimum atomic E-state index is -0.500. The quantitative estimate of drug-likeness (QED) is 0.516. The van der Waals surface area contributed by atoms with Gasteiger partial charge >= 0.3 is 5.97 Å². The van der Waals surface area contributed by atoms with E-state index < -0.39 is 12.1 Å². The van der Waals surface area contributed by atoms with E-state index in [-0.39, 0.29) is 34.7 Å². The Morgan fingerprint density at radius 2 is 1.96 bits per heavy atom. The highest BCUT2D eigenvalue weighted by Gasteiger charge is 2.31. The van der Waals surface area contributed by atoms with Crippen molar-refractivity contribution in [3.05, 3.63) is 16.1 Å². The van der Waals surface area contributed by atoms with Crippen LogP contribution in [0.2, 0.25) is 0 Å². The SMILES string of the molecule is CNC(=S)O[C@H](CC(C(C)C)N(C)C(=O)C(C)C)c1nc(C(=O)OC)cs1. The highest BCUT2D eigenvalue weighted by atomic mass is 32.1. The molecule has 1 amide bonds. The molecule has 1 rings (SSSR count). The molecule has 0 saturated heterocycles. The van der Waals surface area contributed by atoms with Crippen LogP contribution in [0.15, 0.2) is 5.38 Å². The maximum atomic E-state index is 12.5. The lowest BCUT2D eigenvalue weighted by molar-refractivity contribution is -0.136. The molecule has 27 heavy (non-hydrogen) atoms. The fourth-order valence-corrected chi connectivity index (χ4v) is 3.63. The van der Waals surface area contributed by atoms with Crippen molar-refractivity contribution in [3.8, 4) is 0 Å². The van der Waals surface area contributed by atoms with E-state index in [0.29, 0.717) is 11.4 Å². The van der Waals surface area contributed by atoms with Crippen LogP contribution in [0.3, 0.4) is 0 Å².